The Morgan fingerprint density at radius 2 is 2.09 bits per heavy atom. The van der Waals surface area contributed by atoms with E-state index in [1.54, 1.807) is 13.0 Å². The summed E-state index contributed by atoms with van der Waals surface area (Å²) in [5, 5.41) is 0. The minimum atomic E-state index is -0.446. The molecule has 6 heteroatoms. The van der Waals surface area contributed by atoms with Gasteiger partial charge in [-0.25, -0.2) is 9.18 Å². The summed E-state index contributed by atoms with van der Waals surface area (Å²) in [7, 11) is 1.85. The largest absolute Gasteiger partial charge is 0.445 e. The van der Waals surface area contributed by atoms with Crippen LogP contribution in [0.3, 0.4) is 0 Å². The van der Waals surface area contributed by atoms with Gasteiger partial charge in [-0.3, -0.25) is 14.6 Å². The van der Waals surface area contributed by atoms with Crippen molar-refractivity contribution < 1.29 is 18.7 Å². The average Bonchev–Trinajstić information content (AvgIpc) is 3.03. The van der Waals surface area contributed by atoms with Crippen molar-refractivity contribution in [3.8, 4) is 0 Å². The maximum atomic E-state index is 13.7. The lowest BCUT2D eigenvalue weighted by Gasteiger charge is -2.19. The van der Waals surface area contributed by atoms with Gasteiger partial charge in [0.2, 0.25) is 0 Å². The van der Waals surface area contributed by atoms with Gasteiger partial charge in [-0.2, -0.15) is 0 Å². The summed E-state index contributed by atoms with van der Waals surface area (Å²) in [4.78, 5) is 27.1. The summed E-state index contributed by atoms with van der Waals surface area (Å²) >= 11 is 0. The number of fused-ring (bicyclic) bond motifs is 1. The van der Waals surface area contributed by atoms with Crippen LogP contribution in [0.25, 0.3) is 0 Å². The lowest BCUT2D eigenvalue weighted by molar-refractivity contribution is -0.120. The van der Waals surface area contributed by atoms with Crippen LogP contribution in [-0.2, 0) is 22.6 Å². The van der Waals surface area contributed by atoms with Gasteiger partial charge in [0.05, 0.1) is 12.6 Å². The molecule has 0 N–H and O–H groups in total. The Kier molecular flexibility index (Phi) is 3.87. The van der Waals surface area contributed by atoms with Crippen molar-refractivity contribution in [1.82, 2.24) is 9.80 Å². The number of hydrogen-bond acceptors (Lipinski definition) is 4. The maximum absolute atomic E-state index is 13.7. The van der Waals surface area contributed by atoms with Crippen molar-refractivity contribution in [1.29, 1.82) is 0 Å². The molecule has 5 nitrogen and oxygen atoms in total. The van der Waals surface area contributed by atoms with Crippen molar-refractivity contribution in [3.05, 3.63) is 35.1 Å². The summed E-state index contributed by atoms with van der Waals surface area (Å²) in [5.41, 5.74) is 1.38. The molecule has 2 aliphatic heterocycles. The Balaban J connectivity index is 1.61. The molecule has 2 aliphatic rings. The molecule has 0 aliphatic carbocycles. The van der Waals surface area contributed by atoms with E-state index in [1.807, 2.05) is 18.0 Å². The van der Waals surface area contributed by atoms with Crippen LogP contribution in [0.5, 0.6) is 0 Å². The smallest absolute Gasteiger partial charge is 0.410 e. The molecule has 1 saturated heterocycles. The quantitative estimate of drug-likeness (QED) is 0.838. The highest BCUT2D eigenvalue weighted by Crippen LogP contribution is 2.27. The van der Waals surface area contributed by atoms with E-state index >= 15 is 0 Å². The van der Waals surface area contributed by atoms with Crippen LogP contribution in [0.15, 0.2) is 18.2 Å². The normalized spacial score (nSPS) is 24.4. The fraction of sp³-hybridized carbons (Fsp3) is 0.500. The number of hydrogen-bond donors (Lipinski definition) is 0. The fourth-order valence-electron chi connectivity index (χ4n) is 3.24. The lowest BCUT2D eigenvalue weighted by atomic mass is 10.1. The number of halogens is 1. The highest BCUT2D eigenvalue weighted by molar-refractivity contribution is 5.82. The number of ketones is 1. The molecule has 118 valence electrons. The van der Waals surface area contributed by atoms with Crippen molar-refractivity contribution in [2.45, 2.75) is 38.6 Å². The molecule has 1 fully saturated rings. The van der Waals surface area contributed by atoms with Crippen LogP contribution in [-0.4, -0.2) is 47.4 Å². The summed E-state index contributed by atoms with van der Waals surface area (Å²) in [6.07, 6.45) is -0.217. The summed E-state index contributed by atoms with van der Waals surface area (Å²) in [6.45, 7) is 2.69. The monoisotopic (exact) mass is 306 g/mol. The molecule has 0 bridgehead atoms. The van der Waals surface area contributed by atoms with Crippen molar-refractivity contribution in [2.75, 3.05) is 13.6 Å². The summed E-state index contributed by atoms with van der Waals surface area (Å²) in [6, 6.07) is 4.68. The SMILES string of the molecule is CC(=O)[C@@H]1C[C@@H](OC(=O)N2Cc3cccc(F)c3C2)CN1C. The Morgan fingerprint density at radius 1 is 1.32 bits per heavy atom. The highest BCUT2D eigenvalue weighted by Gasteiger charge is 2.36. The Bertz CT molecular complexity index is 619. The van der Waals surface area contributed by atoms with E-state index < -0.39 is 6.09 Å². The third kappa shape index (κ3) is 2.70. The molecule has 0 radical (unpaired) electrons. The van der Waals surface area contributed by atoms with Gasteiger partial charge in [-0.1, -0.05) is 12.1 Å². The minimum Gasteiger partial charge on any atom is -0.445 e. The number of ether oxygens (including phenoxy) is 1. The number of nitrogens with zero attached hydrogens (tertiary/aromatic N) is 2. The molecule has 1 aromatic rings. The van der Waals surface area contributed by atoms with Crippen LogP contribution in [0.4, 0.5) is 9.18 Å². The number of likely N-dealkylation sites (tertiary alicyclic amines) is 1. The first-order valence-corrected chi connectivity index (χ1v) is 7.38. The molecule has 1 amide bonds. The number of Topliss-reactive ketones (excluding diaryl/α,β-unsaturated/α-hetero) is 1. The number of carbonyl (C=O) groups is 2. The van der Waals surface area contributed by atoms with Gasteiger partial charge in [0.1, 0.15) is 17.7 Å². The number of likely N-dealkylation sites (N-methyl/N-ethyl adjacent to an activating group) is 1. The molecule has 0 unspecified atom stereocenters. The fourth-order valence-corrected chi connectivity index (χ4v) is 3.24. The zero-order chi connectivity index (χ0) is 15.9. The number of carbonyl (C=O) groups excluding carboxylic acids is 2. The van der Waals surface area contributed by atoms with Gasteiger partial charge in [-0.05, 0) is 25.6 Å². The Hall–Kier alpha value is -1.95. The highest BCUT2D eigenvalue weighted by atomic mass is 19.1. The van der Waals surface area contributed by atoms with E-state index in [4.69, 9.17) is 4.74 Å². The van der Waals surface area contributed by atoms with E-state index in [-0.39, 0.29) is 30.3 Å². The molecule has 2 heterocycles. The van der Waals surface area contributed by atoms with Gasteiger partial charge in [0, 0.05) is 25.1 Å². The van der Waals surface area contributed by atoms with E-state index in [0.717, 1.165) is 5.56 Å². The van der Waals surface area contributed by atoms with Crippen LogP contribution in [0.2, 0.25) is 0 Å². The molecular formula is C16H19FN2O3. The van der Waals surface area contributed by atoms with Gasteiger partial charge >= 0.3 is 6.09 Å². The third-order valence-electron chi connectivity index (χ3n) is 4.43. The third-order valence-corrected chi connectivity index (χ3v) is 4.43. The van der Waals surface area contributed by atoms with E-state index in [0.29, 0.717) is 25.1 Å². The molecule has 0 aromatic heterocycles. The zero-order valence-corrected chi connectivity index (χ0v) is 12.7. The summed E-state index contributed by atoms with van der Waals surface area (Å²) < 4.78 is 19.2. The van der Waals surface area contributed by atoms with Gasteiger partial charge in [0.25, 0.3) is 0 Å². The molecule has 0 spiro atoms. The van der Waals surface area contributed by atoms with Crippen LogP contribution in [0, 0.1) is 5.82 Å². The molecule has 0 saturated carbocycles. The number of benzene rings is 1. The van der Waals surface area contributed by atoms with Gasteiger partial charge in [-0.15, -0.1) is 0 Å². The van der Waals surface area contributed by atoms with Crippen molar-refractivity contribution in [2.24, 2.45) is 0 Å². The van der Waals surface area contributed by atoms with E-state index in [9.17, 15) is 14.0 Å². The second-order valence-corrected chi connectivity index (χ2v) is 6.04. The Labute approximate surface area is 128 Å². The second-order valence-electron chi connectivity index (χ2n) is 6.04. The standard InChI is InChI=1S/C16H19FN2O3/c1-10(20)15-6-12(8-18(15)2)22-16(21)19-7-11-4-3-5-14(17)13(11)9-19/h3-5,12,15H,6-9H2,1-2H3/t12-,15+/m1/s1. The molecule has 22 heavy (non-hydrogen) atoms. The first-order valence-electron chi connectivity index (χ1n) is 7.38. The van der Waals surface area contributed by atoms with Crippen molar-refractivity contribution >= 4 is 11.9 Å². The van der Waals surface area contributed by atoms with E-state index in [1.165, 1.54) is 11.0 Å². The topological polar surface area (TPSA) is 49.9 Å². The van der Waals surface area contributed by atoms with Crippen LogP contribution >= 0.6 is 0 Å². The van der Waals surface area contributed by atoms with Crippen LogP contribution in [0.1, 0.15) is 24.5 Å². The minimum absolute atomic E-state index is 0.0803. The number of amides is 1. The van der Waals surface area contributed by atoms with Gasteiger partial charge < -0.3 is 4.74 Å². The summed E-state index contributed by atoms with van der Waals surface area (Å²) in [5.74, 6) is -0.207. The molecule has 2 atom stereocenters. The first-order chi connectivity index (χ1) is 10.5. The Morgan fingerprint density at radius 3 is 2.73 bits per heavy atom. The van der Waals surface area contributed by atoms with E-state index in [2.05, 4.69) is 0 Å². The van der Waals surface area contributed by atoms with Crippen molar-refractivity contribution in [3.63, 3.8) is 0 Å². The second kappa shape index (κ2) is 5.68. The van der Waals surface area contributed by atoms with Crippen LogP contribution < -0.4 is 0 Å². The number of rotatable bonds is 2. The predicted octanol–water partition coefficient (Wildman–Crippen LogP) is 1.94. The maximum Gasteiger partial charge on any atom is 0.410 e. The average molecular weight is 306 g/mol. The zero-order valence-electron chi connectivity index (χ0n) is 12.7. The molecular weight excluding hydrogens is 287 g/mol. The molecule has 3 rings (SSSR count). The molecule has 1 aromatic carbocycles. The van der Waals surface area contributed by atoms with Gasteiger partial charge in [0.15, 0.2) is 0 Å². The predicted molar refractivity (Wildman–Crippen MR) is 77.6 cm³/mol. The lowest BCUT2D eigenvalue weighted by Crippen LogP contribution is -2.32. The first kappa shape index (κ1) is 15.0.